The summed E-state index contributed by atoms with van der Waals surface area (Å²) in [6.45, 7) is 3.21. The third-order valence-electron chi connectivity index (χ3n) is 2.20. The van der Waals surface area contributed by atoms with Crippen molar-refractivity contribution in [3.05, 3.63) is 29.8 Å². The third-order valence-corrected chi connectivity index (χ3v) is 2.20. The minimum Gasteiger partial charge on any atom is -0.480 e. The second-order valence-corrected chi connectivity index (χ2v) is 3.64. The van der Waals surface area contributed by atoms with Gasteiger partial charge in [-0.05, 0) is 13.0 Å². The molecule has 1 rings (SSSR count). The van der Waals surface area contributed by atoms with Crippen molar-refractivity contribution in [1.29, 1.82) is 0 Å². The highest BCUT2D eigenvalue weighted by atomic mass is 16.5. The van der Waals surface area contributed by atoms with Crippen LogP contribution in [0.3, 0.4) is 0 Å². The Bertz CT molecular complexity index is 417. The maximum absolute atomic E-state index is 10.9. The van der Waals surface area contributed by atoms with E-state index in [1.54, 1.807) is 31.2 Å². The predicted molar refractivity (Wildman–Crippen MR) is 61.7 cm³/mol. The molecule has 0 fully saturated rings. The van der Waals surface area contributed by atoms with Gasteiger partial charge in [-0.25, -0.2) is 0 Å². The second-order valence-electron chi connectivity index (χ2n) is 3.64. The number of hydrogen-bond acceptors (Lipinski definition) is 4. The number of ether oxygens (including phenoxy) is 1. The summed E-state index contributed by atoms with van der Waals surface area (Å²) in [4.78, 5) is 21.5. The Morgan fingerprint density at radius 1 is 1.41 bits per heavy atom. The van der Waals surface area contributed by atoms with Gasteiger partial charge in [0.25, 0.3) is 0 Å². The summed E-state index contributed by atoms with van der Waals surface area (Å²) < 4.78 is 5.01. The third kappa shape index (κ3) is 4.24. The molecule has 5 heteroatoms. The minimum absolute atomic E-state index is 0.330. The molecule has 5 nitrogen and oxygen atoms in total. The molecule has 0 aliphatic rings. The molecular formula is C12H15NO4. The molecule has 1 aromatic carbocycles. The first-order valence-electron chi connectivity index (χ1n) is 5.23. The van der Waals surface area contributed by atoms with Gasteiger partial charge in [0.05, 0.1) is 0 Å². The van der Waals surface area contributed by atoms with Crippen molar-refractivity contribution in [3.8, 4) is 5.75 Å². The molecule has 0 saturated carbocycles. The van der Waals surface area contributed by atoms with Gasteiger partial charge in [0.2, 0.25) is 0 Å². The topological polar surface area (TPSA) is 75.6 Å². The summed E-state index contributed by atoms with van der Waals surface area (Å²) in [7, 11) is 0. The van der Waals surface area contributed by atoms with Gasteiger partial charge in [0, 0.05) is 19.0 Å². The molecule has 0 saturated heterocycles. The van der Waals surface area contributed by atoms with E-state index in [1.165, 1.54) is 6.92 Å². The molecule has 0 aromatic heterocycles. The molecule has 17 heavy (non-hydrogen) atoms. The van der Waals surface area contributed by atoms with E-state index in [9.17, 15) is 9.59 Å². The van der Waals surface area contributed by atoms with Gasteiger partial charge in [-0.15, -0.1) is 0 Å². The van der Waals surface area contributed by atoms with Crippen molar-refractivity contribution < 1.29 is 19.4 Å². The maximum atomic E-state index is 10.9. The number of carbonyl (C=O) groups excluding carboxylic acids is 1. The molecule has 1 atom stereocenters. The number of hydrogen-bond donors (Lipinski definition) is 2. The van der Waals surface area contributed by atoms with E-state index >= 15 is 0 Å². The highest BCUT2D eigenvalue weighted by molar-refractivity contribution is 5.73. The highest BCUT2D eigenvalue weighted by Crippen LogP contribution is 2.17. The lowest BCUT2D eigenvalue weighted by Gasteiger charge is -2.12. The average Bonchev–Trinajstić information content (AvgIpc) is 2.26. The van der Waals surface area contributed by atoms with Crippen LogP contribution in [0.25, 0.3) is 0 Å². The molecule has 0 aliphatic heterocycles. The van der Waals surface area contributed by atoms with Crippen molar-refractivity contribution in [2.75, 3.05) is 0 Å². The van der Waals surface area contributed by atoms with Crippen molar-refractivity contribution in [2.24, 2.45) is 0 Å². The molecule has 0 aliphatic carbocycles. The van der Waals surface area contributed by atoms with Crippen LogP contribution in [0, 0.1) is 0 Å². The number of rotatable bonds is 5. The fourth-order valence-corrected chi connectivity index (χ4v) is 1.25. The van der Waals surface area contributed by atoms with Gasteiger partial charge in [-0.1, -0.05) is 18.2 Å². The van der Waals surface area contributed by atoms with Crippen molar-refractivity contribution in [2.45, 2.75) is 26.4 Å². The van der Waals surface area contributed by atoms with Crippen LogP contribution in [0.2, 0.25) is 0 Å². The molecule has 0 radical (unpaired) electrons. The Morgan fingerprint density at radius 3 is 2.65 bits per heavy atom. The molecule has 0 bridgehead atoms. The van der Waals surface area contributed by atoms with Crippen LogP contribution in [0.1, 0.15) is 19.4 Å². The Morgan fingerprint density at radius 2 is 2.06 bits per heavy atom. The second kappa shape index (κ2) is 6.00. The number of carboxylic acid groups (broad SMARTS) is 1. The smallest absolute Gasteiger partial charge is 0.320 e. The standard InChI is InChI=1S/C12H15NO4/c1-8(12(15)16)13-7-10-5-3-4-6-11(10)17-9(2)14/h3-6,8,13H,7H2,1-2H3,(H,15,16)/t8-/m0/s1. The van der Waals surface area contributed by atoms with Gasteiger partial charge in [-0.2, -0.15) is 0 Å². The fourth-order valence-electron chi connectivity index (χ4n) is 1.25. The average molecular weight is 237 g/mol. The van der Waals surface area contributed by atoms with Crippen molar-refractivity contribution in [3.63, 3.8) is 0 Å². The predicted octanol–water partition coefficient (Wildman–Crippen LogP) is 1.17. The van der Waals surface area contributed by atoms with E-state index < -0.39 is 18.0 Å². The van der Waals surface area contributed by atoms with Gasteiger partial charge < -0.3 is 15.2 Å². The summed E-state index contributed by atoms with van der Waals surface area (Å²) in [5.41, 5.74) is 0.746. The number of carboxylic acids is 1. The lowest BCUT2D eigenvalue weighted by molar-refractivity contribution is -0.139. The molecule has 0 unspecified atom stereocenters. The minimum atomic E-state index is -0.921. The Hall–Kier alpha value is -1.88. The van der Waals surface area contributed by atoms with E-state index in [0.717, 1.165) is 5.56 Å². The fraction of sp³-hybridized carbons (Fsp3) is 0.333. The van der Waals surface area contributed by atoms with Crippen LogP contribution in [-0.2, 0) is 16.1 Å². The molecular weight excluding hydrogens is 222 g/mol. The first-order chi connectivity index (χ1) is 8.00. The zero-order chi connectivity index (χ0) is 12.8. The van der Waals surface area contributed by atoms with Crippen LogP contribution < -0.4 is 10.1 Å². The Labute approximate surface area is 99.4 Å². The largest absolute Gasteiger partial charge is 0.480 e. The summed E-state index contributed by atoms with van der Waals surface area (Å²) in [5.74, 6) is -0.871. The maximum Gasteiger partial charge on any atom is 0.320 e. The first-order valence-corrected chi connectivity index (χ1v) is 5.23. The summed E-state index contributed by atoms with van der Waals surface area (Å²) >= 11 is 0. The van der Waals surface area contributed by atoms with E-state index in [-0.39, 0.29) is 0 Å². The van der Waals surface area contributed by atoms with Crippen LogP contribution >= 0.6 is 0 Å². The van der Waals surface area contributed by atoms with Crippen LogP contribution in [0.4, 0.5) is 0 Å². The van der Waals surface area contributed by atoms with Gasteiger partial charge >= 0.3 is 11.9 Å². The molecule has 0 spiro atoms. The van der Waals surface area contributed by atoms with Gasteiger partial charge in [0.15, 0.2) is 0 Å². The molecule has 0 heterocycles. The zero-order valence-electron chi connectivity index (χ0n) is 9.77. The van der Waals surface area contributed by atoms with Crippen LogP contribution in [0.15, 0.2) is 24.3 Å². The Kier molecular flexibility index (Phi) is 4.66. The van der Waals surface area contributed by atoms with E-state index in [2.05, 4.69) is 5.32 Å². The van der Waals surface area contributed by atoms with E-state index in [4.69, 9.17) is 9.84 Å². The summed E-state index contributed by atoms with van der Waals surface area (Å²) in [6.07, 6.45) is 0. The number of benzene rings is 1. The monoisotopic (exact) mass is 237 g/mol. The van der Waals surface area contributed by atoms with Gasteiger partial charge in [0.1, 0.15) is 11.8 Å². The number of carbonyl (C=O) groups is 2. The lowest BCUT2D eigenvalue weighted by Crippen LogP contribution is -2.33. The van der Waals surface area contributed by atoms with Crippen LogP contribution in [-0.4, -0.2) is 23.1 Å². The SMILES string of the molecule is CC(=O)Oc1ccccc1CN[C@@H](C)C(=O)O. The number of nitrogens with one attached hydrogen (secondary N) is 1. The number of esters is 1. The zero-order valence-corrected chi connectivity index (χ0v) is 9.77. The number of para-hydroxylation sites is 1. The molecule has 1 aromatic rings. The van der Waals surface area contributed by atoms with E-state index in [0.29, 0.717) is 12.3 Å². The molecule has 2 N–H and O–H groups in total. The van der Waals surface area contributed by atoms with Crippen molar-refractivity contribution in [1.82, 2.24) is 5.32 Å². The van der Waals surface area contributed by atoms with Gasteiger partial charge in [-0.3, -0.25) is 9.59 Å². The Balaban J connectivity index is 2.70. The number of aliphatic carboxylic acids is 1. The highest BCUT2D eigenvalue weighted by Gasteiger charge is 2.11. The summed E-state index contributed by atoms with van der Waals surface area (Å²) in [6, 6.07) is 6.35. The normalized spacial score (nSPS) is 11.9. The summed E-state index contributed by atoms with van der Waals surface area (Å²) in [5, 5.41) is 11.5. The van der Waals surface area contributed by atoms with E-state index in [1.807, 2.05) is 0 Å². The van der Waals surface area contributed by atoms with Crippen LogP contribution in [0.5, 0.6) is 5.75 Å². The lowest BCUT2D eigenvalue weighted by atomic mass is 10.2. The first kappa shape index (κ1) is 13.2. The quantitative estimate of drug-likeness (QED) is 0.594. The molecule has 92 valence electrons. The van der Waals surface area contributed by atoms with Crippen molar-refractivity contribution >= 4 is 11.9 Å². The molecule has 0 amide bonds.